The Labute approximate surface area is 147 Å². The Hall–Kier alpha value is -2.69. The van der Waals surface area contributed by atoms with E-state index in [1.54, 1.807) is 18.2 Å². The van der Waals surface area contributed by atoms with Crippen molar-refractivity contribution in [1.82, 2.24) is 10.2 Å². The van der Waals surface area contributed by atoms with E-state index in [0.29, 0.717) is 25.1 Å². The number of nitrogens with one attached hydrogen (secondary N) is 1. The van der Waals surface area contributed by atoms with Gasteiger partial charge in [0.25, 0.3) is 0 Å². The van der Waals surface area contributed by atoms with Gasteiger partial charge < -0.3 is 10.2 Å². The summed E-state index contributed by atoms with van der Waals surface area (Å²) in [6, 6.07) is 14.2. The van der Waals surface area contributed by atoms with E-state index >= 15 is 0 Å². The maximum Gasteiger partial charge on any atom is 0.224 e. The summed E-state index contributed by atoms with van der Waals surface area (Å²) in [5.41, 5.74) is 2.52. The zero-order chi connectivity index (χ0) is 18.2. The number of rotatable bonds is 7. The van der Waals surface area contributed by atoms with Gasteiger partial charge in [0.15, 0.2) is 0 Å². The van der Waals surface area contributed by atoms with Gasteiger partial charge >= 0.3 is 0 Å². The molecule has 0 saturated heterocycles. The summed E-state index contributed by atoms with van der Waals surface area (Å²) in [6.45, 7) is 4.28. The lowest BCUT2D eigenvalue weighted by Crippen LogP contribution is -2.37. The Bertz CT molecular complexity index is 746. The number of halogens is 1. The summed E-state index contributed by atoms with van der Waals surface area (Å²) >= 11 is 0. The molecule has 0 saturated carbocycles. The summed E-state index contributed by atoms with van der Waals surface area (Å²) < 4.78 is 13.7. The first-order valence-electron chi connectivity index (χ1n) is 8.27. The highest BCUT2D eigenvalue weighted by Crippen LogP contribution is 2.10. The van der Waals surface area contributed by atoms with Gasteiger partial charge in [-0.15, -0.1) is 0 Å². The highest BCUT2D eigenvalue weighted by Gasteiger charge is 2.12. The first-order valence-corrected chi connectivity index (χ1v) is 8.27. The SMILES string of the molecule is CC(=O)N(CCNC(=O)Cc1cccc(C)c1)Cc1ccccc1F. The molecule has 0 unspecified atom stereocenters. The second-order valence-corrected chi connectivity index (χ2v) is 6.05. The van der Waals surface area contributed by atoms with Crippen LogP contribution in [0.5, 0.6) is 0 Å². The average molecular weight is 342 g/mol. The van der Waals surface area contributed by atoms with Crippen molar-refractivity contribution in [2.24, 2.45) is 0 Å². The second-order valence-electron chi connectivity index (χ2n) is 6.05. The molecule has 2 aromatic rings. The Balaban J connectivity index is 1.84. The van der Waals surface area contributed by atoms with E-state index in [1.165, 1.54) is 17.9 Å². The Morgan fingerprint density at radius 1 is 1.12 bits per heavy atom. The van der Waals surface area contributed by atoms with Crippen LogP contribution in [0.15, 0.2) is 48.5 Å². The van der Waals surface area contributed by atoms with Crippen molar-refractivity contribution in [2.75, 3.05) is 13.1 Å². The molecule has 0 aliphatic heterocycles. The fourth-order valence-electron chi connectivity index (χ4n) is 2.58. The first-order chi connectivity index (χ1) is 12.0. The molecule has 0 aliphatic carbocycles. The van der Waals surface area contributed by atoms with Gasteiger partial charge in [-0.3, -0.25) is 9.59 Å². The van der Waals surface area contributed by atoms with Crippen molar-refractivity contribution < 1.29 is 14.0 Å². The van der Waals surface area contributed by atoms with Crippen LogP contribution in [0.4, 0.5) is 4.39 Å². The minimum Gasteiger partial charge on any atom is -0.354 e. The molecule has 0 atom stereocenters. The number of nitrogens with zero attached hydrogens (tertiary/aromatic N) is 1. The van der Waals surface area contributed by atoms with Crippen LogP contribution in [0, 0.1) is 12.7 Å². The zero-order valence-electron chi connectivity index (χ0n) is 14.6. The molecule has 25 heavy (non-hydrogen) atoms. The largest absolute Gasteiger partial charge is 0.354 e. The van der Waals surface area contributed by atoms with Gasteiger partial charge in [-0.1, -0.05) is 48.0 Å². The molecule has 2 aromatic carbocycles. The van der Waals surface area contributed by atoms with Crippen LogP contribution in [0.25, 0.3) is 0 Å². The summed E-state index contributed by atoms with van der Waals surface area (Å²) in [5.74, 6) is -0.589. The van der Waals surface area contributed by atoms with Crippen LogP contribution in [0.1, 0.15) is 23.6 Å². The van der Waals surface area contributed by atoms with Gasteiger partial charge in [-0.2, -0.15) is 0 Å². The maximum atomic E-state index is 13.7. The number of hydrogen-bond acceptors (Lipinski definition) is 2. The normalized spacial score (nSPS) is 10.4. The Kier molecular flexibility index (Phi) is 6.69. The lowest BCUT2D eigenvalue weighted by Gasteiger charge is -2.21. The number of amides is 2. The standard InChI is InChI=1S/C20H23FN2O2/c1-15-6-5-7-17(12-15)13-20(25)22-10-11-23(16(2)24)14-18-8-3-4-9-19(18)21/h3-9,12H,10-11,13-14H2,1-2H3,(H,22,25). The van der Waals surface area contributed by atoms with E-state index in [2.05, 4.69) is 5.32 Å². The van der Waals surface area contributed by atoms with Gasteiger partial charge in [0.05, 0.1) is 6.42 Å². The van der Waals surface area contributed by atoms with E-state index in [1.807, 2.05) is 31.2 Å². The zero-order valence-corrected chi connectivity index (χ0v) is 14.6. The molecule has 0 bridgehead atoms. The van der Waals surface area contributed by atoms with Crippen molar-refractivity contribution >= 4 is 11.8 Å². The summed E-state index contributed by atoms with van der Waals surface area (Å²) in [7, 11) is 0. The van der Waals surface area contributed by atoms with Gasteiger partial charge in [-0.05, 0) is 18.6 Å². The summed E-state index contributed by atoms with van der Waals surface area (Å²) in [4.78, 5) is 25.3. The van der Waals surface area contributed by atoms with Crippen LogP contribution in [0.3, 0.4) is 0 Å². The van der Waals surface area contributed by atoms with Crippen molar-refractivity contribution in [3.63, 3.8) is 0 Å². The lowest BCUT2D eigenvalue weighted by molar-refractivity contribution is -0.130. The highest BCUT2D eigenvalue weighted by molar-refractivity contribution is 5.78. The maximum absolute atomic E-state index is 13.7. The van der Waals surface area contributed by atoms with E-state index in [4.69, 9.17) is 0 Å². The van der Waals surface area contributed by atoms with Crippen LogP contribution >= 0.6 is 0 Å². The van der Waals surface area contributed by atoms with Gasteiger partial charge in [0.2, 0.25) is 11.8 Å². The van der Waals surface area contributed by atoms with Crippen molar-refractivity contribution in [3.8, 4) is 0 Å². The number of carbonyl (C=O) groups excluding carboxylic acids is 2. The van der Waals surface area contributed by atoms with Crippen molar-refractivity contribution in [2.45, 2.75) is 26.8 Å². The second kappa shape index (κ2) is 8.97. The molecule has 0 radical (unpaired) electrons. The molecule has 0 spiro atoms. The van der Waals surface area contributed by atoms with Gasteiger partial charge in [0, 0.05) is 32.1 Å². The third-order valence-electron chi connectivity index (χ3n) is 3.92. The lowest BCUT2D eigenvalue weighted by atomic mass is 10.1. The fourth-order valence-corrected chi connectivity index (χ4v) is 2.58. The molecule has 0 fully saturated rings. The Morgan fingerprint density at radius 2 is 1.88 bits per heavy atom. The summed E-state index contributed by atoms with van der Waals surface area (Å²) in [6.07, 6.45) is 0.301. The topological polar surface area (TPSA) is 49.4 Å². The van der Waals surface area contributed by atoms with E-state index in [0.717, 1.165) is 11.1 Å². The third kappa shape index (κ3) is 6.03. The van der Waals surface area contributed by atoms with Crippen LogP contribution in [0.2, 0.25) is 0 Å². The smallest absolute Gasteiger partial charge is 0.224 e. The first kappa shape index (κ1) is 18.6. The minimum absolute atomic E-state index is 0.0972. The molecular weight excluding hydrogens is 319 g/mol. The predicted molar refractivity (Wildman–Crippen MR) is 95.4 cm³/mol. The molecule has 4 nitrogen and oxygen atoms in total. The molecule has 2 rings (SSSR count). The Morgan fingerprint density at radius 3 is 2.56 bits per heavy atom. The molecule has 0 heterocycles. The molecular formula is C20H23FN2O2. The van der Waals surface area contributed by atoms with E-state index < -0.39 is 0 Å². The molecule has 132 valence electrons. The number of hydrogen-bond donors (Lipinski definition) is 1. The van der Waals surface area contributed by atoms with Crippen LogP contribution < -0.4 is 5.32 Å². The summed E-state index contributed by atoms with van der Waals surface area (Å²) in [5, 5.41) is 2.81. The van der Waals surface area contributed by atoms with Crippen LogP contribution in [-0.2, 0) is 22.6 Å². The number of benzene rings is 2. The van der Waals surface area contributed by atoms with Crippen molar-refractivity contribution in [3.05, 3.63) is 71.0 Å². The highest BCUT2D eigenvalue weighted by atomic mass is 19.1. The number of aryl methyl sites for hydroxylation is 1. The molecule has 0 aromatic heterocycles. The van der Waals surface area contributed by atoms with Gasteiger partial charge in [0.1, 0.15) is 5.82 Å². The minimum atomic E-state index is -0.336. The van der Waals surface area contributed by atoms with Gasteiger partial charge in [-0.25, -0.2) is 4.39 Å². The third-order valence-corrected chi connectivity index (χ3v) is 3.92. The number of carbonyl (C=O) groups is 2. The van der Waals surface area contributed by atoms with E-state index in [-0.39, 0.29) is 24.2 Å². The van der Waals surface area contributed by atoms with E-state index in [9.17, 15) is 14.0 Å². The predicted octanol–water partition coefficient (Wildman–Crippen LogP) is 2.84. The molecule has 0 aliphatic rings. The quantitative estimate of drug-likeness (QED) is 0.841. The average Bonchev–Trinajstić information content (AvgIpc) is 2.55. The molecule has 2 amide bonds. The molecule has 5 heteroatoms. The van der Waals surface area contributed by atoms with Crippen molar-refractivity contribution in [1.29, 1.82) is 0 Å². The monoisotopic (exact) mass is 342 g/mol. The molecule has 1 N–H and O–H groups in total. The van der Waals surface area contributed by atoms with Crippen LogP contribution in [-0.4, -0.2) is 29.8 Å². The fraction of sp³-hybridized carbons (Fsp3) is 0.300.